The lowest BCUT2D eigenvalue weighted by atomic mass is 10.1. The second kappa shape index (κ2) is 11.5. The molecular weight excluding hydrogens is 562 g/mol. The molecule has 4 aromatic rings. The second-order valence-electron chi connectivity index (χ2n) is 9.15. The molecule has 1 aliphatic rings. The Labute approximate surface area is 233 Å². The molecule has 41 heavy (non-hydrogen) atoms. The number of nitrogens with one attached hydrogen (secondary N) is 1. The van der Waals surface area contributed by atoms with Gasteiger partial charge in [-0.1, -0.05) is 36.4 Å². The number of aliphatic hydroxyl groups excluding tert-OH is 1. The van der Waals surface area contributed by atoms with Crippen LogP contribution in [0.5, 0.6) is 11.6 Å². The number of nitrogen functional groups attached to an aromatic ring is 1. The number of halogens is 1. The largest absolute Gasteiger partial charge is 0.479 e. The van der Waals surface area contributed by atoms with E-state index in [9.17, 15) is 14.5 Å². The monoisotopic (exact) mass is 590 g/mol. The second-order valence-corrected chi connectivity index (χ2v) is 10.8. The lowest BCUT2D eigenvalue weighted by molar-refractivity contribution is -0.142. The Morgan fingerprint density at radius 3 is 2.76 bits per heavy atom. The first-order valence-electron chi connectivity index (χ1n) is 12.4. The number of anilines is 1. The third-order valence-corrected chi connectivity index (χ3v) is 8.08. The predicted molar refractivity (Wildman–Crippen MR) is 144 cm³/mol. The van der Waals surface area contributed by atoms with Gasteiger partial charge in [0.2, 0.25) is 11.8 Å². The van der Waals surface area contributed by atoms with Crippen molar-refractivity contribution in [3.05, 3.63) is 48.8 Å². The van der Waals surface area contributed by atoms with Gasteiger partial charge in [0.15, 0.2) is 23.6 Å². The van der Waals surface area contributed by atoms with E-state index in [0.717, 1.165) is 5.39 Å². The smallest absolute Gasteiger partial charge is 0.459 e. The summed E-state index contributed by atoms with van der Waals surface area (Å²) in [6.45, 7) is 0.836. The van der Waals surface area contributed by atoms with Crippen LogP contribution in [-0.4, -0.2) is 75.8 Å². The zero-order valence-corrected chi connectivity index (χ0v) is 23.1. The molecule has 218 valence electrons. The Balaban J connectivity index is 1.39. The van der Waals surface area contributed by atoms with Crippen molar-refractivity contribution < 1.29 is 42.1 Å². The maximum absolute atomic E-state index is 15.3. The summed E-state index contributed by atoms with van der Waals surface area (Å²) in [5, 5.41) is 14.6. The summed E-state index contributed by atoms with van der Waals surface area (Å²) in [4.78, 5) is 24.3. The first-order chi connectivity index (χ1) is 19.6. The van der Waals surface area contributed by atoms with Gasteiger partial charge < -0.3 is 29.6 Å². The molecule has 4 N–H and O–H groups in total. The normalized spacial score (nSPS) is 22.9. The van der Waals surface area contributed by atoms with Crippen LogP contribution in [0.1, 0.15) is 13.2 Å². The molecule has 2 aromatic carbocycles. The third kappa shape index (κ3) is 5.67. The molecule has 0 saturated carbocycles. The number of imidazole rings is 1. The van der Waals surface area contributed by atoms with Crippen molar-refractivity contribution in [2.24, 2.45) is 0 Å². The van der Waals surface area contributed by atoms with Gasteiger partial charge in [-0.2, -0.15) is 15.1 Å². The molecule has 6 atom stereocenters. The average molecular weight is 591 g/mol. The van der Waals surface area contributed by atoms with Crippen LogP contribution >= 0.6 is 7.75 Å². The van der Waals surface area contributed by atoms with Gasteiger partial charge in [0.05, 0.1) is 27.2 Å². The first kappa shape index (κ1) is 28.6. The zero-order valence-electron chi connectivity index (χ0n) is 22.2. The summed E-state index contributed by atoms with van der Waals surface area (Å²) >= 11 is 0. The fourth-order valence-corrected chi connectivity index (χ4v) is 5.95. The number of esters is 1. The van der Waals surface area contributed by atoms with E-state index >= 15 is 4.39 Å². The number of hydrogen-bond donors (Lipinski definition) is 3. The summed E-state index contributed by atoms with van der Waals surface area (Å²) in [6, 6.07) is 11.3. The molecule has 0 radical (unpaired) electrons. The van der Waals surface area contributed by atoms with Gasteiger partial charge in [-0.05, 0) is 18.4 Å². The highest BCUT2D eigenvalue weighted by atomic mass is 31.2. The number of fused-ring (bicyclic) bond motifs is 2. The van der Waals surface area contributed by atoms with Crippen LogP contribution in [0.3, 0.4) is 0 Å². The van der Waals surface area contributed by atoms with E-state index in [1.54, 1.807) is 24.3 Å². The number of alkyl halides is 1. The first-order valence-corrected chi connectivity index (χ1v) is 14.0. The standard InChI is InChI=1S/C25H28FN6O8P/c1-13(24(34)37-3)31-41(35,40-16-10-6-8-14-7-4-5-9-15(14)16)38-11-17-20(33)18(26)23(39-17)32-12-28-19-21(32)29-25(27)30-22(19)36-2/h4-10,12-13,17-18,20,23,33H,11H2,1-3H3,(H,31,35)(H2,27,29,30)/t13-,17+,18+,20+,23+,41?/m0/s1. The Bertz CT molecular complexity index is 1620. The lowest BCUT2D eigenvalue weighted by Crippen LogP contribution is -2.36. The van der Waals surface area contributed by atoms with Crippen LogP contribution in [-0.2, 0) is 23.4 Å². The summed E-state index contributed by atoms with van der Waals surface area (Å²) in [6.07, 6.45) is -5.08. The van der Waals surface area contributed by atoms with Crippen molar-refractivity contribution in [3.8, 4) is 11.6 Å². The fraction of sp³-hybridized carbons (Fsp3) is 0.360. The van der Waals surface area contributed by atoms with Gasteiger partial charge in [0, 0.05) is 5.39 Å². The van der Waals surface area contributed by atoms with E-state index in [0.29, 0.717) is 5.39 Å². The maximum Gasteiger partial charge on any atom is 0.459 e. The van der Waals surface area contributed by atoms with Crippen LogP contribution in [0.4, 0.5) is 10.3 Å². The number of hydrogen-bond acceptors (Lipinski definition) is 12. The van der Waals surface area contributed by atoms with Gasteiger partial charge in [-0.25, -0.2) is 13.9 Å². The van der Waals surface area contributed by atoms with Gasteiger partial charge in [0.1, 0.15) is 24.0 Å². The van der Waals surface area contributed by atoms with Gasteiger partial charge >= 0.3 is 13.7 Å². The van der Waals surface area contributed by atoms with Crippen molar-refractivity contribution in [1.29, 1.82) is 0 Å². The number of aliphatic hydroxyl groups is 1. The minimum absolute atomic E-state index is 0.0809. The van der Waals surface area contributed by atoms with E-state index in [4.69, 9.17) is 29.0 Å². The number of aromatic nitrogens is 4. The number of benzene rings is 2. The number of carbonyl (C=O) groups is 1. The molecule has 1 fully saturated rings. The summed E-state index contributed by atoms with van der Waals surface area (Å²) in [5.74, 6) is -0.569. The number of methoxy groups -OCH3 is 2. The Morgan fingerprint density at radius 1 is 1.24 bits per heavy atom. The van der Waals surface area contributed by atoms with Crippen LogP contribution in [0.15, 0.2) is 48.8 Å². The molecule has 0 aliphatic carbocycles. The minimum atomic E-state index is -4.34. The minimum Gasteiger partial charge on any atom is -0.479 e. The topological polar surface area (TPSA) is 182 Å². The Kier molecular flexibility index (Phi) is 8.07. The number of carbonyl (C=O) groups excluding carboxylic acids is 1. The molecular formula is C25H28FN6O8P. The summed E-state index contributed by atoms with van der Waals surface area (Å²) in [7, 11) is -1.79. The van der Waals surface area contributed by atoms with Crippen molar-refractivity contribution in [1.82, 2.24) is 24.6 Å². The number of rotatable bonds is 10. The van der Waals surface area contributed by atoms with Crippen LogP contribution < -0.4 is 20.1 Å². The van der Waals surface area contributed by atoms with Crippen molar-refractivity contribution in [2.75, 3.05) is 26.6 Å². The molecule has 1 unspecified atom stereocenters. The molecule has 0 bridgehead atoms. The Morgan fingerprint density at radius 2 is 2.00 bits per heavy atom. The molecule has 2 aromatic heterocycles. The van der Waals surface area contributed by atoms with Crippen LogP contribution in [0, 0.1) is 0 Å². The molecule has 3 heterocycles. The highest BCUT2D eigenvalue weighted by Gasteiger charge is 2.47. The highest BCUT2D eigenvalue weighted by Crippen LogP contribution is 2.48. The van der Waals surface area contributed by atoms with E-state index in [1.807, 2.05) is 18.2 Å². The van der Waals surface area contributed by atoms with Gasteiger partial charge in [0.25, 0.3) is 0 Å². The van der Waals surface area contributed by atoms with Crippen molar-refractivity contribution in [2.45, 2.75) is 37.6 Å². The summed E-state index contributed by atoms with van der Waals surface area (Å²) < 4.78 is 57.6. The van der Waals surface area contributed by atoms with E-state index in [1.165, 1.54) is 32.0 Å². The average Bonchev–Trinajstić information content (AvgIpc) is 3.51. The van der Waals surface area contributed by atoms with Crippen LogP contribution in [0.25, 0.3) is 21.9 Å². The van der Waals surface area contributed by atoms with E-state index < -0.39 is 51.0 Å². The van der Waals surface area contributed by atoms with Crippen molar-refractivity contribution >= 4 is 41.6 Å². The Hall–Kier alpha value is -3.88. The number of ether oxygens (including phenoxy) is 3. The van der Waals surface area contributed by atoms with Gasteiger partial charge in [-0.3, -0.25) is 13.9 Å². The molecule has 14 nitrogen and oxygen atoms in total. The number of nitrogens with zero attached hydrogens (tertiary/aromatic N) is 4. The molecule has 16 heteroatoms. The SMILES string of the molecule is COC(=O)[C@H](C)NP(=O)(OC[C@H]1O[C@@H](n2cnc3c(OC)nc(N)nc32)[C@H](F)[C@@H]1O)Oc1cccc2ccccc12. The molecule has 0 spiro atoms. The highest BCUT2D eigenvalue weighted by molar-refractivity contribution is 7.52. The maximum atomic E-state index is 15.3. The zero-order chi connectivity index (χ0) is 29.3. The third-order valence-electron chi connectivity index (χ3n) is 6.45. The molecule has 5 rings (SSSR count). The van der Waals surface area contributed by atoms with Gasteiger partial charge in [-0.15, -0.1) is 0 Å². The molecule has 0 amide bonds. The lowest BCUT2D eigenvalue weighted by Gasteiger charge is -2.24. The fourth-order valence-electron chi connectivity index (χ4n) is 4.43. The van der Waals surface area contributed by atoms with E-state index in [-0.39, 0.29) is 28.7 Å². The van der Waals surface area contributed by atoms with Crippen molar-refractivity contribution in [3.63, 3.8) is 0 Å². The van der Waals surface area contributed by atoms with Crippen LogP contribution in [0.2, 0.25) is 0 Å². The molecule has 1 aliphatic heterocycles. The number of nitrogens with two attached hydrogens (primary N) is 1. The predicted octanol–water partition coefficient (Wildman–Crippen LogP) is 2.52. The summed E-state index contributed by atoms with van der Waals surface area (Å²) in [5.41, 5.74) is 6.08. The molecule has 1 saturated heterocycles. The van der Waals surface area contributed by atoms with E-state index in [2.05, 4.69) is 20.0 Å². The quantitative estimate of drug-likeness (QED) is 0.181.